The fraction of sp³-hybridized carbons (Fsp3) is 0.667. The largest absolute Gasteiger partial charge is 0.312 e. The lowest BCUT2D eigenvalue weighted by molar-refractivity contribution is 0.121. The molecule has 112 valence electrons. The van der Waals surface area contributed by atoms with Gasteiger partial charge in [0.25, 0.3) is 0 Å². The van der Waals surface area contributed by atoms with Crippen molar-refractivity contribution in [2.24, 2.45) is 5.92 Å². The van der Waals surface area contributed by atoms with Crippen LogP contribution in [0.25, 0.3) is 0 Å². The molecule has 0 spiro atoms. The van der Waals surface area contributed by atoms with Crippen LogP contribution in [0.1, 0.15) is 50.8 Å². The maximum absolute atomic E-state index is 3.56. The summed E-state index contributed by atoms with van der Waals surface area (Å²) in [6.45, 7) is 7.00. The van der Waals surface area contributed by atoms with Crippen molar-refractivity contribution in [3.8, 4) is 0 Å². The third-order valence-electron chi connectivity index (χ3n) is 4.83. The van der Waals surface area contributed by atoms with Gasteiger partial charge in [0.2, 0.25) is 0 Å². The van der Waals surface area contributed by atoms with Crippen LogP contribution < -0.4 is 5.32 Å². The van der Waals surface area contributed by atoms with Crippen LogP contribution in [0.15, 0.2) is 24.3 Å². The van der Waals surface area contributed by atoms with Crippen molar-refractivity contribution in [1.82, 2.24) is 10.2 Å². The molecule has 0 radical (unpaired) electrons. The molecule has 0 bridgehead atoms. The molecule has 0 saturated carbocycles. The number of hydrogen-bond acceptors (Lipinski definition) is 2. The Morgan fingerprint density at radius 2 is 1.95 bits per heavy atom. The summed E-state index contributed by atoms with van der Waals surface area (Å²) in [6, 6.07) is 10.6. The van der Waals surface area contributed by atoms with E-state index in [1.165, 1.54) is 30.4 Å². The van der Waals surface area contributed by atoms with Gasteiger partial charge in [-0.2, -0.15) is 0 Å². The zero-order valence-corrected chi connectivity index (χ0v) is 13.7. The number of nitrogens with zero attached hydrogens (tertiary/aromatic N) is 1. The second kappa shape index (κ2) is 6.73. The molecule has 2 heteroatoms. The molecule has 0 fully saturated rings. The molecular formula is C18H30N2. The van der Waals surface area contributed by atoms with Crippen LogP contribution in [0.4, 0.5) is 0 Å². The van der Waals surface area contributed by atoms with Crippen LogP contribution in [0, 0.1) is 5.92 Å². The molecule has 0 heterocycles. The smallest absolute Gasteiger partial charge is 0.0478 e. The van der Waals surface area contributed by atoms with Crippen LogP contribution >= 0.6 is 0 Å². The number of benzene rings is 1. The van der Waals surface area contributed by atoms with Crippen molar-refractivity contribution in [1.29, 1.82) is 0 Å². The Labute approximate surface area is 124 Å². The first-order chi connectivity index (χ1) is 9.54. The quantitative estimate of drug-likeness (QED) is 0.882. The number of likely N-dealkylation sites (N-methyl/N-ethyl adjacent to an activating group) is 2. The minimum absolute atomic E-state index is 0.458. The Morgan fingerprint density at radius 3 is 2.60 bits per heavy atom. The lowest BCUT2D eigenvalue weighted by Crippen LogP contribution is -2.48. The molecule has 1 N–H and O–H groups in total. The van der Waals surface area contributed by atoms with Gasteiger partial charge in [0.15, 0.2) is 0 Å². The molecule has 2 rings (SSSR count). The van der Waals surface area contributed by atoms with Crippen molar-refractivity contribution >= 4 is 0 Å². The van der Waals surface area contributed by atoms with Gasteiger partial charge in [-0.3, -0.25) is 4.90 Å². The molecule has 20 heavy (non-hydrogen) atoms. The Balaban J connectivity index is 2.17. The molecule has 0 aromatic heterocycles. The predicted molar refractivity (Wildman–Crippen MR) is 87.0 cm³/mol. The second-order valence-electron chi connectivity index (χ2n) is 6.72. The Bertz CT molecular complexity index is 427. The molecule has 1 aromatic rings. The molecule has 1 aliphatic rings. The van der Waals surface area contributed by atoms with Crippen LogP contribution in [-0.2, 0) is 6.42 Å². The first kappa shape index (κ1) is 15.5. The highest BCUT2D eigenvalue weighted by Gasteiger charge is 2.32. The number of nitrogens with one attached hydrogen (secondary N) is 1. The highest BCUT2D eigenvalue weighted by molar-refractivity contribution is 5.34. The third-order valence-corrected chi connectivity index (χ3v) is 4.83. The SMILES string of the molecule is CNC1c2ccccc2CCC1N(C)C(C)CC(C)C. The first-order valence-corrected chi connectivity index (χ1v) is 8.01. The van der Waals surface area contributed by atoms with E-state index in [2.05, 4.69) is 69.3 Å². The van der Waals surface area contributed by atoms with Gasteiger partial charge >= 0.3 is 0 Å². The standard InChI is InChI=1S/C18H30N2/c1-13(2)12-14(3)20(5)17-11-10-15-8-6-7-9-16(15)18(17)19-4/h6-9,13-14,17-19H,10-12H2,1-5H3. The number of fused-ring (bicyclic) bond motifs is 1. The fourth-order valence-corrected chi connectivity index (χ4v) is 3.70. The van der Waals surface area contributed by atoms with E-state index >= 15 is 0 Å². The highest BCUT2D eigenvalue weighted by atomic mass is 15.2. The molecule has 1 aliphatic carbocycles. The average molecular weight is 274 g/mol. The van der Waals surface area contributed by atoms with E-state index in [9.17, 15) is 0 Å². The van der Waals surface area contributed by atoms with Gasteiger partial charge in [0.05, 0.1) is 0 Å². The Kier molecular flexibility index (Phi) is 5.22. The van der Waals surface area contributed by atoms with Gasteiger partial charge in [-0.15, -0.1) is 0 Å². The molecule has 0 saturated heterocycles. The summed E-state index contributed by atoms with van der Waals surface area (Å²) in [5.74, 6) is 0.761. The van der Waals surface area contributed by atoms with E-state index < -0.39 is 0 Å². The first-order valence-electron chi connectivity index (χ1n) is 8.01. The molecule has 0 amide bonds. The lowest BCUT2D eigenvalue weighted by Gasteiger charge is -2.42. The molecule has 0 aliphatic heterocycles. The number of hydrogen-bond donors (Lipinski definition) is 1. The molecule has 2 nitrogen and oxygen atoms in total. The minimum Gasteiger partial charge on any atom is -0.312 e. The molecule has 3 atom stereocenters. The van der Waals surface area contributed by atoms with Crippen molar-refractivity contribution in [3.63, 3.8) is 0 Å². The normalized spacial score (nSPS) is 23.9. The van der Waals surface area contributed by atoms with Crippen LogP contribution in [0.3, 0.4) is 0 Å². The van der Waals surface area contributed by atoms with Crippen molar-refractivity contribution < 1.29 is 0 Å². The van der Waals surface area contributed by atoms with Crippen molar-refractivity contribution in [3.05, 3.63) is 35.4 Å². The van der Waals surface area contributed by atoms with Gasteiger partial charge in [0.1, 0.15) is 0 Å². The summed E-state index contributed by atoms with van der Waals surface area (Å²) in [6.07, 6.45) is 3.73. The van der Waals surface area contributed by atoms with Crippen molar-refractivity contribution in [2.45, 2.75) is 58.2 Å². The van der Waals surface area contributed by atoms with Crippen molar-refractivity contribution in [2.75, 3.05) is 14.1 Å². The van der Waals surface area contributed by atoms with E-state index in [-0.39, 0.29) is 0 Å². The zero-order chi connectivity index (χ0) is 14.7. The monoisotopic (exact) mass is 274 g/mol. The van der Waals surface area contributed by atoms with E-state index in [0.29, 0.717) is 18.1 Å². The maximum atomic E-state index is 3.56. The van der Waals surface area contributed by atoms with E-state index in [4.69, 9.17) is 0 Å². The number of aryl methyl sites for hydroxylation is 1. The van der Waals surface area contributed by atoms with Gasteiger partial charge in [-0.05, 0) is 57.3 Å². The number of rotatable bonds is 5. The van der Waals surface area contributed by atoms with E-state index in [0.717, 1.165) is 5.92 Å². The fourth-order valence-electron chi connectivity index (χ4n) is 3.70. The molecular weight excluding hydrogens is 244 g/mol. The second-order valence-corrected chi connectivity index (χ2v) is 6.72. The predicted octanol–water partition coefficient (Wildman–Crippen LogP) is 3.63. The summed E-state index contributed by atoms with van der Waals surface area (Å²) >= 11 is 0. The van der Waals surface area contributed by atoms with Gasteiger partial charge in [-0.25, -0.2) is 0 Å². The lowest BCUT2D eigenvalue weighted by atomic mass is 9.82. The van der Waals surface area contributed by atoms with Crippen LogP contribution in [-0.4, -0.2) is 31.1 Å². The topological polar surface area (TPSA) is 15.3 Å². The summed E-state index contributed by atoms with van der Waals surface area (Å²) in [5, 5.41) is 3.56. The summed E-state index contributed by atoms with van der Waals surface area (Å²) in [4.78, 5) is 2.59. The Morgan fingerprint density at radius 1 is 1.25 bits per heavy atom. The van der Waals surface area contributed by atoms with Crippen LogP contribution in [0.2, 0.25) is 0 Å². The molecule has 1 aromatic carbocycles. The summed E-state index contributed by atoms with van der Waals surface area (Å²) < 4.78 is 0. The average Bonchev–Trinajstić information content (AvgIpc) is 2.44. The summed E-state index contributed by atoms with van der Waals surface area (Å²) in [7, 11) is 4.40. The van der Waals surface area contributed by atoms with E-state index in [1.807, 2.05) is 0 Å². The van der Waals surface area contributed by atoms with Gasteiger partial charge in [0, 0.05) is 18.1 Å². The maximum Gasteiger partial charge on any atom is 0.0478 e. The Hall–Kier alpha value is -0.860. The summed E-state index contributed by atoms with van der Waals surface area (Å²) in [5.41, 5.74) is 3.02. The van der Waals surface area contributed by atoms with Gasteiger partial charge in [-0.1, -0.05) is 38.1 Å². The van der Waals surface area contributed by atoms with Gasteiger partial charge < -0.3 is 5.32 Å². The van der Waals surface area contributed by atoms with Crippen LogP contribution in [0.5, 0.6) is 0 Å². The third kappa shape index (κ3) is 3.24. The highest BCUT2D eigenvalue weighted by Crippen LogP contribution is 2.33. The zero-order valence-electron chi connectivity index (χ0n) is 13.7. The minimum atomic E-state index is 0.458. The van der Waals surface area contributed by atoms with E-state index in [1.54, 1.807) is 0 Å². The molecule has 3 unspecified atom stereocenters.